The summed E-state index contributed by atoms with van der Waals surface area (Å²) in [5.74, 6) is -0.225. The van der Waals surface area contributed by atoms with E-state index in [4.69, 9.17) is 11.6 Å². The van der Waals surface area contributed by atoms with Gasteiger partial charge < -0.3 is 10.6 Å². The zero-order valence-electron chi connectivity index (χ0n) is 13.3. The van der Waals surface area contributed by atoms with Crippen molar-refractivity contribution in [2.75, 3.05) is 18.1 Å². The van der Waals surface area contributed by atoms with Crippen molar-refractivity contribution in [1.29, 1.82) is 0 Å². The molecule has 0 fully saturated rings. The van der Waals surface area contributed by atoms with Crippen molar-refractivity contribution in [1.82, 2.24) is 5.32 Å². The first kappa shape index (κ1) is 18.4. The van der Waals surface area contributed by atoms with Crippen LogP contribution in [0.1, 0.15) is 23.2 Å². The maximum Gasteiger partial charge on any atom is 0.251 e. The lowest BCUT2D eigenvalue weighted by Gasteiger charge is -2.09. The number of rotatable bonds is 7. The number of halogens is 1. The molecule has 0 spiro atoms. The molecule has 2 aromatic rings. The first-order chi connectivity index (χ1) is 11.6. The van der Waals surface area contributed by atoms with Crippen molar-refractivity contribution in [2.24, 2.45) is 0 Å². The summed E-state index contributed by atoms with van der Waals surface area (Å²) >= 11 is 7.38. The van der Waals surface area contributed by atoms with Gasteiger partial charge in [0.1, 0.15) is 0 Å². The maximum absolute atomic E-state index is 12.0. The van der Waals surface area contributed by atoms with Crippen LogP contribution in [0.2, 0.25) is 5.02 Å². The standard InChI is InChI=1S/C18H19ClN2O2S/c1-24-16-6-3-2-5-15(16)21-17(22)7-4-12-20-18(23)13-8-10-14(19)11-9-13/h2-3,5-6,8-11H,4,7,12H2,1H3,(H,20,23)(H,21,22). The Morgan fingerprint density at radius 2 is 1.79 bits per heavy atom. The summed E-state index contributed by atoms with van der Waals surface area (Å²) in [6.07, 6.45) is 2.90. The molecule has 0 atom stereocenters. The molecule has 0 aliphatic carbocycles. The van der Waals surface area contributed by atoms with E-state index in [-0.39, 0.29) is 11.8 Å². The van der Waals surface area contributed by atoms with Crippen molar-refractivity contribution in [2.45, 2.75) is 17.7 Å². The van der Waals surface area contributed by atoms with Crippen LogP contribution in [0, 0.1) is 0 Å². The van der Waals surface area contributed by atoms with Crippen LogP contribution in [-0.2, 0) is 4.79 Å². The van der Waals surface area contributed by atoms with Gasteiger partial charge in [0.2, 0.25) is 5.91 Å². The molecule has 0 aromatic heterocycles. The molecule has 0 aliphatic heterocycles. The zero-order chi connectivity index (χ0) is 17.4. The molecule has 2 aromatic carbocycles. The van der Waals surface area contributed by atoms with Crippen LogP contribution < -0.4 is 10.6 Å². The van der Waals surface area contributed by atoms with Crippen LogP contribution in [0.25, 0.3) is 0 Å². The Hall–Kier alpha value is -1.98. The van der Waals surface area contributed by atoms with Gasteiger partial charge in [0, 0.05) is 28.4 Å². The molecule has 4 nitrogen and oxygen atoms in total. The molecule has 6 heteroatoms. The van der Waals surface area contributed by atoms with Crippen molar-refractivity contribution in [3.63, 3.8) is 0 Å². The summed E-state index contributed by atoms with van der Waals surface area (Å²) in [4.78, 5) is 24.9. The van der Waals surface area contributed by atoms with Crippen LogP contribution in [0.5, 0.6) is 0 Å². The van der Waals surface area contributed by atoms with Gasteiger partial charge >= 0.3 is 0 Å². The van der Waals surface area contributed by atoms with Gasteiger partial charge in [-0.15, -0.1) is 11.8 Å². The van der Waals surface area contributed by atoms with Gasteiger partial charge in [-0.2, -0.15) is 0 Å². The minimum Gasteiger partial charge on any atom is -0.352 e. The molecule has 0 radical (unpaired) electrons. The first-order valence-corrected chi connectivity index (χ1v) is 9.17. The second-order valence-electron chi connectivity index (χ2n) is 5.11. The minimum atomic E-state index is -0.167. The fraction of sp³-hybridized carbons (Fsp3) is 0.222. The number of amides is 2. The topological polar surface area (TPSA) is 58.2 Å². The van der Waals surface area contributed by atoms with Crippen molar-refractivity contribution >= 4 is 40.9 Å². The summed E-state index contributed by atoms with van der Waals surface area (Å²) in [5.41, 5.74) is 1.37. The van der Waals surface area contributed by atoms with Gasteiger partial charge in [0.25, 0.3) is 5.91 Å². The maximum atomic E-state index is 12.0. The second kappa shape index (κ2) is 9.35. The average molecular weight is 363 g/mol. The van der Waals surface area contributed by atoms with Crippen LogP contribution >= 0.6 is 23.4 Å². The molecule has 0 bridgehead atoms. The zero-order valence-corrected chi connectivity index (χ0v) is 14.9. The van der Waals surface area contributed by atoms with E-state index in [1.165, 1.54) is 0 Å². The Kier molecular flexibility index (Phi) is 7.15. The van der Waals surface area contributed by atoms with E-state index in [0.717, 1.165) is 10.6 Å². The largest absolute Gasteiger partial charge is 0.352 e. The van der Waals surface area contributed by atoms with Crippen LogP contribution in [0.3, 0.4) is 0 Å². The number of hydrogen-bond donors (Lipinski definition) is 2. The highest BCUT2D eigenvalue weighted by Crippen LogP contribution is 2.24. The SMILES string of the molecule is CSc1ccccc1NC(=O)CCCNC(=O)c1ccc(Cl)cc1. The molecule has 2 rings (SSSR count). The van der Waals surface area contributed by atoms with E-state index < -0.39 is 0 Å². The lowest BCUT2D eigenvalue weighted by molar-refractivity contribution is -0.116. The lowest BCUT2D eigenvalue weighted by Crippen LogP contribution is -2.25. The van der Waals surface area contributed by atoms with Crippen LogP contribution in [0.15, 0.2) is 53.4 Å². The molecule has 0 saturated heterocycles. The summed E-state index contributed by atoms with van der Waals surface area (Å²) in [5, 5.41) is 6.29. The Balaban J connectivity index is 1.73. The Bertz CT molecular complexity index is 704. The predicted molar refractivity (Wildman–Crippen MR) is 99.9 cm³/mol. The highest BCUT2D eigenvalue weighted by molar-refractivity contribution is 7.98. The molecule has 0 unspecified atom stereocenters. The summed E-state index contributed by atoms with van der Waals surface area (Å²) in [6, 6.07) is 14.4. The normalized spacial score (nSPS) is 10.2. The molecule has 0 aliphatic rings. The number of hydrogen-bond acceptors (Lipinski definition) is 3. The third-order valence-electron chi connectivity index (χ3n) is 3.35. The average Bonchev–Trinajstić information content (AvgIpc) is 2.59. The van der Waals surface area contributed by atoms with E-state index in [9.17, 15) is 9.59 Å². The second-order valence-corrected chi connectivity index (χ2v) is 6.40. The van der Waals surface area contributed by atoms with E-state index in [1.807, 2.05) is 30.5 Å². The summed E-state index contributed by atoms with van der Waals surface area (Å²) in [6.45, 7) is 0.444. The minimum absolute atomic E-state index is 0.0581. The molecule has 0 heterocycles. The Morgan fingerprint density at radius 3 is 2.50 bits per heavy atom. The monoisotopic (exact) mass is 362 g/mol. The molecule has 2 N–H and O–H groups in total. The fourth-order valence-electron chi connectivity index (χ4n) is 2.11. The first-order valence-electron chi connectivity index (χ1n) is 7.57. The highest BCUT2D eigenvalue weighted by atomic mass is 35.5. The molecule has 24 heavy (non-hydrogen) atoms. The number of para-hydroxylation sites is 1. The van der Waals surface area contributed by atoms with Crippen LogP contribution in [0.4, 0.5) is 5.69 Å². The molecule has 2 amide bonds. The van der Waals surface area contributed by atoms with Gasteiger partial charge in [0.05, 0.1) is 5.69 Å². The van der Waals surface area contributed by atoms with Gasteiger partial charge in [0.15, 0.2) is 0 Å². The number of carbonyl (C=O) groups is 2. The summed E-state index contributed by atoms with van der Waals surface area (Å²) in [7, 11) is 0. The molecule has 0 saturated carbocycles. The predicted octanol–water partition coefficient (Wildman–Crippen LogP) is 4.21. The lowest BCUT2D eigenvalue weighted by atomic mass is 10.2. The van der Waals surface area contributed by atoms with Crippen molar-refractivity contribution in [3.8, 4) is 0 Å². The number of benzene rings is 2. The molecular weight excluding hydrogens is 344 g/mol. The van der Waals surface area contributed by atoms with E-state index in [1.54, 1.807) is 36.0 Å². The van der Waals surface area contributed by atoms with E-state index in [0.29, 0.717) is 30.0 Å². The molecule has 126 valence electrons. The smallest absolute Gasteiger partial charge is 0.251 e. The van der Waals surface area contributed by atoms with Gasteiger partial charge in [-0.1, -0.05) is 23.7 Å². The number of anilines is 1. The van der Waals surface area contributed by atoms with E-state index >= 15 is 0 Å². The third-order valence-corrected chi connectivity index (χ3v) is 4.40. The van der Waals surface area contributed by atoms with Crippen molar-refractivity contribution < 1.29 is 9.59 Å². The fourth-order valence-corrected chi connectivity index (χ4v) is 2.79. The third kappa shape index (κ3) is 5.58. The van der Waals surface area contributed by atoms with Crippen LogP contribution in [-0.4, -0.2) is 24.6 Å². The molecular formula is C18H19ClN2O2S. The van der Waals surface area contributed by atoms with E-state index in [2.05, 4.69) is 10.6 Å². The summed E-state index contributed by atoms with van der Waals surface area (Å²) < 4.78 is 0. The number of carbonyl (C=O) groups excluding carboxylic acids is 2. The quantitative estimate of drug-likeness (QED) is 0.573. The highest BCUT2D eigenvalue weighted by Gasteiger charge is 2.07. The number of nitrogens with one attached hydrogen (secondary N) is 2. The van der Waals surface area contributed by atoms with Gasteiger partial charge in [-0.05, 0) is 49.1 Å². The van der Waals surface area contributed by atoms with Gasteiger partial charge in [-0.25, -0.2) is 0 Å². The Labute approximate surface area is 151 Å². The van der Waals surface area contributed by atoms with Crippen molar-refractivity contribution in [3.05, 3.63) is 59.1 Å². The Morgan fingerprint density at radius 1 is 1.08 bits per heavy atom. The number of thioether (sulfide) groups is 1. The van der Waals surface area contributed by atoms with Gasteiger partial charge in [-0.3, -0.25) is 9.59 Å².